The van der Waals surface area contributed by atoms with E-state index in [0.29, 0.717) is 9.50 Å². The zero-order valence-electron chi connectivity index (χ0n) is 10.3. The summed E-state index contributed by atoms with van der Waals surface area (Å²) in [5.74, 6) is 0.388. The van der Waals surface area contributed by atoms with Crippen molar-refractivity contribution in [2.45, 2.75) is 4.90 Å². The molecule has 0 spiro atoms. The van der Waals surface area contributed by atoms with Gasteiger partial charge in [0.2, 0.25) is 0 Å². The second-order valence-corrected chi connectivity index (χ2v) is 6.65. The molecule has 0 bridgehead atoms. The Labute approximate surface area is 130 Å². The van der Waals surface area contributed by atoms with Crippen molar-refractivity contribution in [2.75, 3.05) is 7.11 Å². The first-order valence-electron chi connectivity index (χ1n) is 5.46. The Bertz CT molecular complexity index is 714. The van der Waals surface area contributed by atoms with Gasteiger partial charge in [-0.1, -0.05) is 27.5 Å². The molecule has 0 aromatic heterocycles. The van der Waals surface area contributed by atoms with Crippen LogP contribution in [-0.2, 0) is 10.1 Å². The van der Waals surface area contributed by atoms with E-state index in [4.69, 9.17) is 20.5 Å². The molecule has 20 heavy (non-hydrogen) atoms. The van der Waals surface area contributed by atoms with Crippen molar-refractivity contribution in [3.05, 3.63) is 52.0 Å². The van der Waals surface area contributed by atoms with Gasteiger partial charge in [0.25, 0.3) is 0 Å². The summed E-state index contributed by atoms with van der Waals surface area (Å²) in [5, 5.41) is 0.495. The zero-order valence-corrected chi connectivity index (χ0v) is 13.5. The van der Waals surface area contributed by atoms with Gasteiger partial charge in [-0.25, -0.2) is 0 Å². The average molecular weight is 378 g/mol. The lowest BCUT2D eigenvalue weighted by Gasteiger charge is -2.11. The van der Waals surface area contributed by atoms with Crippen LogP contribution in [0.2, 0.25) is 5.02 Å². The summed E-state index contributed by atoms with van der Waals surface area (Å²) in [6.45, 7) is 0. The second kappa shape index (κ2) is 6.03. The highest BCUT2D eigenvalue weighted by molar-refractivity contribution is 9.10. The molecule has 0 atom stereocenters. The van der Waals surface area contributed by atoms with Crippen molar-refractivity contribution < 1.29 is 17.3 Å². The molecule has 2 aromatic rings. The standard InChI is InChI=1S/C13H10BrClO4S/c1-18-12-7-2-9(14)8-13(12)20(16,17)19-11-5-3-10(15)4-6-11/h2-8H,1H3. The zero-order chi connectivity index (χ0) is 14.8. The van der Waals surface area contributed by atoms with Gasteiger partial charge < -0.3 is 8.92 Å². The van der Waals surface area contributed by atoms with Crippen molar-refractivity contribution in [2.24, 2.45) is 0 Å². The van der Waals surface area contributed by atoms with Crippen LogP contribution in [-0.4, -0.2) is 15.5 Å². The minimum atomic E-state index is -3.99. The van der Waals surface area contributed by atoms with Crippen LogP contribution < -0.4 is 8.92 Å². The van der Waals surface area contributed by atoms with Crippen molar-refractivity contribution in [3.63, 3.8) is 0 Å². The smallest absolute Gasteiger partial charge is 0.342 e. The number of methoxy groups -OCH3 is 1. The van der Waals surface area contributed by atoms with Crippen LogP contribution in [0.15, 0.2) is 51.8 Å². The molecule has 0 aliphatic heterocycles. The molecule has 0 radical (unpaired) electrons. The van der Waals surface area contributed by atoms with Gasteiger partial charge in [-0.05, 0) is 42.5 Å². The quantitative estimate of drug-likeness (QED) is 0.759. The third kappa shape index (κ3) is 3.45. The molecule has 0 fully saturated rings. The van der Waals surface area contributed by atoms with E-state index in [1.54, 1.807) is 24.3 Å². The maximum atomic E-state index is 12.3. The van der Waals surface area contributed by atoms with E-state index in [1.165, 1.54) is 25.3 Å². The molecule has 0 saturated carbocycles. The van der Waals surface area contributed by atoms with Gasteiger partial charge in [-0.3, -0.25) is 0 Å². The lowest BCUT2D eigenvalue weighted by Crippen LogP contribution is -2.11. The lowest BCUT2D eigenvalue weighted by atomic mass is 10.3. The van der Waals surface area contributed by atoms with Gasteiger partial charge in [-0.2, -0.15) is 8.42 Å². The van der Waals surface area contributed by atoms with E-state index in [2.05, 4.69) is 15.9 Å². The molecule has 2 aromatic carbocycles. The van der Waals surface area contributed by atoms with Crippen LogP contribution in [0.25, 0.3) is 0 Å². The van der Waals surface area contributed by atoms with Gasteiger partial charge in [-0.15, -0.1) is 0 Å². The van der Waals surface area contributed by atoms with E-state index in [-0.39, 0.29) is 16.4 Å². The van der Waals surface area contributed by atoms with Crippen LogP contribution >= 0.6 is 27.5 Å². The minimum absolute atomic E-state index is 0.0516. The molecule has 7 heteroatoms. The Kier molecular flexibility index (Phi) is 4.57. The van der Waals surface area contributed by atoms with Crippen LogP contribution in [0, 0.1) is 0 Å². The van der Waals surface area contributed by atoms with Gasteiger partial charge in [0.05, 0.1) is 7.11 Å². The van der Waals surface area contributed by atoms with Crippen LogP contribution in [0.4, 0.5) is 0 Å². The summed E-state index contributed by atoms with van der Waals surface area (Å²) in [6.07, 6.45) is 0. The van der Waals surface area contributed by atoms with Gasteiger partial charge in [0.1, 0.15) is 16.4 Å². The number of ether oxygens (including phenoxy) is 1. The first kappa shape index (κ1) is 15.2. The second-order valence-electron chi connectivity index (χ2n) is 3.79. The highest BCUT2D eigenvalue weighted by Crippen LogP contribution is 2.29. The molecule has 0 saturated heterocycles. The average Bonchev–Trinajstić information content (AvgIpc) is 2.41. The maximum Gasteiger partial charge on any atom is 0.342 e. The van der Waals surface area contributed by atoms with E-state index < -0.39 is 10.1 Å². The van der Waals surface area contributed by atoms with Crippen molar-refractivity contribution in [1.29, 1.82) is 0 Å². The molecule has 0 heterocycles. The third-order valence-electron chi connectivity index (χ3n) is 2.41. The highest BCUT2D eigenvalue weighted by Gasteiger charge is 2.22. The Balaban J connectivity index is 2.40. The van der Waals surface area contributed by atoms with Gasteiger partial charge in [0.15, 0.2) is 0 Å². The highest BCUT2D eigenvalue weighted by atomic mass is 79.9. The summed E-state index contributed by atoms with van der Waals surface area (Å²) in [5.41, 5.74) is 0. The van der Waals surface area contributed by atoms with Crippen LogP contribution in [0.5, 0.6) is 11.5 Å². The molecule has 0 N–H and O–H groups in total. The van der Waals surface area contributed by atoms with Gasteiger partial charge >= 0.3 is 10.1 Å². The Morgan fingerprint density at radius 2 is 1.75 bits per heavy atom. The van der Waals surface area contributed by atoms with Crippen molar-refractivity contribution >= 4 is 37.6 Å². The number of hydrogen-bond donors (Lipinski definition) is 0. The molecule has 0 aliphatic rings. The van der Waals surface area contributed by atoms with Crippen molar-refractivity contribution in [3.8, 4) is 11.5 Å². The molecular formula is C13H10BrClO4S. The maximum absolute atomic E-state index is 12.3. The summed E-state index contributed by atoms with van der Waals surface area (Å²) in [4.78, 5) is -0.0516. The van der Waals surface area contributed by atoms with E-state index in [9.17, 15) is 8.42 Å². The summed E-state index contributed by atoms with van der Waals surface area (Å²) >= 11 is 8.96. The Morgan fingerprint density at radius 3 is 2.35 bits per heavy atom. The first-order chi connectivity index (χ1) is 9.42. The third-order valence-corrected chi connectivity index (χ3v) is 4.43. The summed E-state index contributed by atoms with van der Waals surface area (Å²) < 4.78 is 35.2. The first-order valence-corrected chi connectivity index (χ1v) is 8.04. The monoisotopic (exact) mass is 376 g/mol. The number of halogens is 2. The predicted molar refractivity (Wildman–Crippen MR) is 80.0 cm³/mol. The Morgan fingerprint density at radius 1 is 1.10 bits per heavy atom. The normalized spacial score (nSPS) is 11.2. The van der Waals surface area contributed by atoms with Crippen LogP contribution in [0.3, 0.4) is 0 Å². The predicted octanol–water partition coefficient (Wildman–Crippen LogP) is 3.88. The SMILES string of the molecule is COc1ccc(Br)cc1S(=O)(=O)Oc1ccc(Cl)cc1. The lowest BCUT2D eigenvalue weighted by molar-refractivity contribution is 0.398. The molecule has 106 valence electrons. The minimum Gasteiger partial charge on any atom is -0.495 e. The molecule has 4 nitrogen and oxygen atoms in total. The number of rotatable bonds is 4. The van der Waals surface area contributed by atoms with E-state index >= 15 is 0 Å². The number of benzene rings is 2. The molecule has 2 rings (SSSR count). The number of hydrogen-bond acceptors (Lipinski definition) is 4. The fourth-order valence-electron chi connectivity index (χ4n) is 1.51. The molecule has 0 amide bonds. The van der Waals surface area contributed by atoms with E-state index in [1.807, 2.05) is 0 Å². The summed E-state index contributed by atoms with van der Waals surface area (Å²) in [6, 6.07) is 10.7. The fourth-order valence-corrected chi connectivity index (χ4v) is 3.27. The fraction of sp³-hybridized carbons (Fsp3) is 0.0769. The Hall–Kier alpha value is -1.24. The van der Waals surface area contributed by atoms with Gasteiger partial charge in [0, 0.05) is 9.50 Å². The summed E-state index contributed by atoms with van der Waals surface area (Å²) in [7, 11) is -2.60. The topological polar surface area (TPSA) is 52.6 Å². The van der Waals surface area contributed by atoms with E-state index in [0.717, 1.165) is 0 Å². The molecule has 0 aliphatic carbocycles. The van der Waals surface area contributed by atoms with Crippen LogP contribution in [0.1, 0.15) is 0 Å². The largest absolute Gasteiger partial charge is 0.495 e. The van der Waals surface area contributed by atoms with Crippen molar-refractivity contribution in [1.82, 2.24) is 0 Å². The molecule has 0 unspecified atom stereocenters. The molecular weight excluding hydrogens is 368 g/mol.